The fourth-order valence-corrected chi connectivity index (χ4v) is 3.10. The lowest BCUT2D eigenvalue weighted by molar-refractivity contribution is 0.150. The van der Waals surface area contributed by atoms with E-state index < -0.39 is 11.6 Å². The van der Waals surface area contributed by atoms with Crippen LogP contribution in [-0.2, 0) is 0 Å². The third-order valence-electron chi connectivity index (χ3n) is 4.48. The van der Waals surface area contributed by atoms with E-state index in [-0.39, 0.29) is 12.6 Å². The molecular formula is C16H25F2N3. The molecule has 1 atom stereocenters. The Hall–Kier alpha value is -1.04. The van der Waals surface area contributed by atoms with E-state index >= 15 is 0 Å². The Morgan fingerprint density at radius 2 is 2.00 bits per heavy atom. The highest BCUT2D eigenvalue weighted by Gasteiger charge is 2.24. The Morgan fingerprint density at radius 3 is 2.62 bits per heavy atom. The monoisotopic (exact) mass is 297 g/mol. The third-order valence-corrected chi connectivity index (χ3v) is 4.48. The van der Waals surface area contributed by atoms with Crippen LogP contribution in [0.1, 0.15) is 24.4 Å². The minimum absolute atomic E-state index is 0.277. The number of hydrogen-bond donors (Lipinski definition) is 1. The lowest BCUT2D eigenvalue weighted by Gasteiger charge is -2.35. The molecule has 2 rings (SSSR count). The lowest BCUT2D eigenvalue weighted by atomic mass is 9.95. The van der Waals surface area contributed by atoms with Crippen LogP contribution < -0.4 is 5.73 Å². The van der Waals surface area contributed by atoms with Gasteiger partial charge in [-0.15, -0.1) is 0 Å². The molecule has 1 aliphatic rings. The van der Waals surface area contributed by atoms with E-state index in [1.165, 1.54) is 0 Å². The van der Waals surface area contributed by atoms with Gasteiger partial charge in [0, 0.05) is 24.7 Å². The third kappa shape index (κ3) is 3.99. The summed E-state index contributed by atoms with van der Waals surface area (Å²) in [7, 11) is 4.07. The van der Waals surface area contributed by atoms with Crippen molar-refractivity contribution in [2.45, 2.75) is 18.9 Å². The SMILES string of the molecule is CN1CCC(CN(C)C(CN)c2cccc(F)c2F)CC1. The molecule has 0 aliphatic carbocycles. The van der Waals surface area contributed by atoms with E-state index in [9.17, 15) is 8.78 Å². The van der Waals surface area contributed by atoms with Gasteiger partial charge in [-0.05, 0) is 52.0 Å². The minimum Gasteiger partial charge on any atom is -0.329 e. The fourth-order valence-electron chi connectivity index (χ4n) is 3.10. The Bertz CT molecular complexity index is 459. The van der Waals surface area contributed by atoms with Crippen molar-refractivity contribution in [3.8, 4) is 0 Å². The first-order chi connectivity index (χ1) is 10.0. The standard InChI is InChI=1S/C16H25F2N3/c1-20-8-6-12(7-9-20)11-21(2)15(10-19)13-4-3-5-14(17)16(13)18/h3-5,12,15H,6-11,19H2,1-2H3. The molecule has 1 aromatic rings. The molecule has 0 bridgehead atoms. The summed E-state index contributed by atoms with van der Waals surface area (Å²) < 4.78 is 27.4. The molecule has 118 valence electrons. The molecule has 1 saturated heterocycles. The van der Waals surface area contributed by atoms with Crippen molar-refractivity contribution in [1.29, 1.82) is 0 Å². The summed E-state index contributed by atoms with van der Waals surface area (Å²) in [5, 5.41) is 0. The maximum Gasteiger partial charge on any atom is 0.163 e. The largest absolute Gasteiger partial charge is 0.329 e. The first kappa shape index (κ1) is 16.3. The summed E-state index contributed by atoms with van der Waals surface area (Å²) in [5.41, 5.74) is 6.17. The highest BCUT2D eigenvalue weighted by atomic mass is 19.2. The Kier molecular flexibility index (Phi) is 5.67. The molecule has 2 N–H and O–H groups in total. The topological polar surface area (TPSA) is 32.5 Å². The summed E-state index contributed by atoms with van der Waals surface area (Å²) in [6.07, 6.45) is 2.29. The van der Waals surface area contributed by atoms with Crippen LogP contribution in [0.25, 0.3) is 0 Å². The summed E-state index contributed by atoms with van der Waals surface area (Å²) >= 11 is 0. The van der Waals surface area contributed by atoms with Crippen molar-refractivity contribution < 1.29 is 8.78 Å². The van der Waals surface area contributed by atoms with E-state index in [4.69, 9.17) is 5.73 Å². The molecule has 21 heavy (non-hydrogen) atoms. The molecule has 5 heteroatoms. The van der Waals surface area contributed by atoms with Gasteiger partial charge in [0.1, 0.15) is 0 Å². The van der Waals surface area contributed by atoms with E-state index in [0.717, 1.165) is 38.5 Å². The van der Waals surface area contributed by atoms with Crippen LogP contribution in [0, 0.1) is 17.6 Å². The number of rotatable bonds is 5. The lowest BCUT2D eigenvalue weighted by Crippen LogP contribution is -2.39. The number of likely N-dealkylation sites (N-methyl/N-ethyl adjacent to an activating group) is 1. The van der Waals surface area contributed by atoms with E-state index in [1.54, 1.807) is 12.1 Å². The molecule has 1 aliphatic heterocycles. The maximum absolute atomic E-state index is 14.0. The van der Waals surface area contributed by atoms with Gasteiger partial charge < -0.3 is 10.6 Å². The number of benzene rings is 1. The average Bonchev–Trinajstić information content (AvgIpc) is 2.47. The quantitative estimate of drug-likeness (QED) is 0.904. The van der Waals surface area contributed by atoms with Crippen molar-refractivity contribution in [3.05, 3.63) is 35.4 Å². The minimum atomic E-state index is -0.807. The number of piperidine rings is 1. The second kappa shape index (κ2) is 7.29. The summed E-state index contributed by atoms with van der Waals surface area (Å²) in [5.74, 6) is -0.987. The molecular weight excluding hydrogens is 272 g/mol. The Balaban J connectivity index is 2.04. The van der Waals surface area contributed by atoms with Crippen LogP contribution in [0.4, 0.5) is 8.78 Å². The van der Waals surface area contributed by atoms with Crippen LogP contribution >= 0.6 is 0 Å². The van der Waals surface area contributed by atoms with Gasteiger partial charge in [0.25, 0.3) is 0 Å². The van der Waals surface area contributed by atoms with Gasteiger partial charge >= 0.3 is 0 Å². The summed E-state index contributed by atoms with van der Waals surface area (Å²) in [4.78, 5) is 4.39. The normalized spacial score (nSPS) is 19.1. The maximum atomic E-state index is 14.0. The van der Waals surface area contributed by atoms with Crippen molar-refractivity contribution >= 4 is 0 Å². The highest BCUT2D eigenvalue weighted by molar-refractivity contribution is 5.23. The van der Waals surface area contributed by atoms with Crippen molar-refractivity contribution in [1.82, 2.24) is 9.80 Å². The number of halogens is 2. The van der Waals surface area contributed by atoms with Crippen LogP contribution in [0.5, 0.6) is 0 Å². The van der Waals surface area contributed by atoms with E-state index in [0.29, 0.717) is 11.5 Å². The first-order valence-electron chi connectivity index (χ1n) is 7.55. The van der Waals surface area contributed by atoms with Crippen LogP contribution in [0.3, 0.4) is 0 Å². The van der Waals surface area contributed by atoms with Gasteiger partial charge in [-0.25, -0.2) is 8.78 Å². The fraction of sp³-hybridized carbons (Fsp3) is 0.625. The Labute approximate surface area is 125 Å². The number of nitrogens with two attached hydrogens (primary N) is 1. The summed E-state index contributed by atoms with van der Waals surface area (Å²) in [6.45, 7) is 3.34. The zero-order chi connectivity index (χ0) is 15.4. The molecule has 0 radical (unpaired) electrons. The molecule has 1 fully saturated rings. The molecule has 0 spiro atoms. The van der Waals surface area contributed by atoms with Gasteiger partial charge in [0.2, 0.25) is 0 Å². The van der Waals surface area contributed by atoms with Crippen LogP contribution in [-0.4, -0.2) is 50.1 Å². The van der Waals surface area contributed by atoms with Crippen molar-refractivity contribution in [2.24, 2.45) is 11.7 Å². The van der Waals surface area contributed by atoms with E-state index in [2.05, 4.69) is 16.8 Å². The molecule has 0 saturated carbocycles. The van der Waals surface area contributed by atoms with Crippen molar-refractivity contribution in [2.75, 3.05) is 40.3 Å². The molecule has 1 heterocycles. The highest BCUT2D eigenvalue weighted by Crippen LogP contribution is 2.26. The summed E-state index contributed by atoms with van der Waals surface area (Å²) in [6, 6.07) is 4.03. The number of likely N-dealkylation sites (tertiary alicyclic amines) is 1. The average molecular weight is 297 g/mol. The molecule has 1 aromatic carbocycles. The van der Waals surface area contributed by atoms with Crippen LogP contribution in [0.15, 0.2) is 18.2 Å². The molecule has 1 unspecified atom stereocenters. The Morgan fingerprint density at radius 1 is 1.33 bits per heavy atom. The molecule has 0 amide bonds. The predicted molar refractivity (Wildman–Crippen MR) is 81.0 cm³/mol. The second-order valence-electron chi connectivity index (χ2n) is 6.08. The van der Waals surface area contributed by atoms with E-state index in [1.807, 2.05) is 7.05 Å². The zero-order valence-electron chi connectivity index (χ0n) is 12.9. The molecule has 3 nitrogen and oxygen atoms in total. The van der Waals surface area contributed by atoms with Crippen LogP contribution in [0.2, 0.25) is 0 Å². The van der Waals surface area contributed by atoms with Gasteiger partial charge in [-0.3, -0.25) is 4.90 Å². The zero-order valence-corrected chi connectivity index (χ0v) is 12.9. The van der Waals surface area contributed by atoms with Crippen molar-refractivity contribution in [3.63, 3.8) is 0 Å². The van der Waals surface area contributed by atoms with Gasteiger partial charge in [0.15, 0.2) is 11.6 Å². The smallest absolute Gasteiger partial charge is 0.163 e. The van der Waals surface area contributed by atoms with Gasteiger partial charge in [0.05, 0.1) is 0 Å². The number of hydrogen-bond acceptors (Lipinski definition) is 3. The number of nitrogens with zero attached hydrogens (tertiary/aromatic N) is 2. The second-order valence-corrected chi connectivity index (χ2v) is 6.08. The predicted octanol–water partition coefficient (Wildman–Crippen LogP) is 2.24. The van der Waals surface area contributed by atoms with Gasteiger partial charge in [-0.2, -0.15) is 0 Å². The molecule has 0 aromatic heterocycles. The first-order valence-corrected chi connectivity index (χ1v) is 7.55. The van der Waals surface area contributed by atoms with Gasteiger partial charge in [-0.1, -0.05) is 12.1 Å².